The highest BCUT2D eigenvalue weighted by Crippen LogP contribution is 2.40. The fourth-order valence-electron chi connectivity index (χ4n) is 2.91. The van der Waals surface area contributed by atoms with Crippen LogP contribution in [0.1, 0.15) is 38.5 Å². The quantitative estimate of drug-likeness (QED) is 0.797. The van der Waals surface area contributed by atoms with Gasteiger partial charge in [-0.3, -0.25) is 0 Å². The molecule has 1 aliphatic heterocycles. The van der Waals surface area contributed by atoms with Crippen molar-refractivity contribution in [2.45, 2.75) is 56.3 Å². The molecule has 0 amide bonds. The Morgan fingerprint density at radius 2 is 1.94 bits per heavy atom. The molecule has 1 unspecified atom stereocenters. The van der Waals surface area contributed by atoms with E-state index in [1.807, 2.05) is 0 Å². The van der Waals surface area contributed by atoms with Crippen LogP contribution in [0, 0.1) is 0 Å². The molecule has 16 heavy (non-hydrogen) atoms. The Labute approximate surface area is 93.5 Å². The molecule has 0 radical (unpaired) electrons. The van der Waals surface area contributed by atoms with Gasteiger partial charge in [-0.1, -0.05) is 12.8 Å². The van der Waals surface area contributed by atoms with Gasteiger partial charge < -0.3 is 10.1 Å². The highest BCUT2D eigenvalue weighted by atomic mass is 19.4. The SMILES string of the molecule is FC(F)(F)CCC1NCCOC12CCCC2. The summed E-state index contributed by atoms with van der Waals surface area (Å²) in [4.78, 5) is 0. The van der Waals surface area contributed by atoms with E-state index in [0.29, 0.717) is 13.2 Å². The molecular weight excluding hydrogens is 219 g/mol. The Balaban J connectivity index is 1.94. The summed E-state index contributed by atoms with van der Waals surface area (Å²) >= 11 is 0. The van der Waals surface area contributed by atoms with Gasteiger partial charge in [0.05, 0.1) is 12.2 Å². The number of hydrogen-bond donors (Lipinski definition) is 1. The van der Waals surface area contributed by atoms with Crippen LogP contribution in [0.4, 0.5) is 13.2 Å². The average molecular weight is 237 g/mol. The maximum absolute atomic E-state index is 12.2. The maximum atomic E-state index is 12.2. The molecule has 0 aromatic rings. The van der Waals surface area contributed by atoms with Crippen LogP contribution in [0.5, 0.6) is 0 Å². The molecule has 1 heterocycles. The van der Waals surface area contributed by atoms with Gasteiger partial charge in [0.2, 0.25) is 0 Å². The minimum Gasteiger partial charge on any atom is -0.372 e. The summed E-state index contributed by atoms with van der Waals surface area (Å²) in [6.07, 6.45) is -0.669. The fourth-order valence-corrected chi connectivity index (χ4v) is 2.91. The molecule has 1 N–H and O–H groups in total. The van der Waals surface area contributed by atoms with Crippen molar-refractivity contribution in [3.8, 4) is 0 Å². The lowest BCUT2D eigenvalue weighted by atomic mass is 9.87. The van der Waals surface area contributed by atoms with Gasteiger partial charge in [-0.05, 0) is 19.3 Å². The molecule has 0 aromatic heterocycles. The molecule has 1 aliphatic carbocycles. The molecule has 0 aromatic carbocycles. The Morgan fingerprint density at radius 3 is 2.56 bits per heavy atom. The van der Waals surface area contributed by atoms with Crippen molar-refractivity contribution in [3.63, 3.8) is 0 Å². The number of alkyl halides is 3. The van der Waals surface area contributed by atoms with Crippen LogP contribution < -0.4 is 5.32 Å². The van der Waals surface area contributed by atoms with Crippen molar-refractivity contribution < 1.29 is 17.9 Å². The van der Waals surface area contributed by atoms with E-state index in [1.54, 1.807) is 0 Å². The zero-order valence-corrected chi connectivity index (χ0v) is 9.28. The summed E-state index contributed by atoms with van der Waals surface area (Å²) in [5.74, 6) is 0. The Morgan fingerprint density at radius 1 is 1.25 bits per heavy atom. The van der Waals surface area contributed by atoms with Gasteiger partial charge >= 0.3 is 6.18 Å². The van der Waals surface area contributed by atoms with Crippen molar-refractivity contribution >= 4 is 0 Å². The summed E-state index contributed by atoms with van der Waals surface area (Å²) in [5, 5.41) is 3.20. The third-order valence-electron chi connectivity index (χ3n) is 3.68. The predicted molar refractivity (Wildman–Crippen MR) is 54.2 cm³/mol. The van der Waals surface area contributed by atoms with Crippen molar-refractivity contribution in [1.82, 2.24) is 5.32 Å². The second kappa shape index (κ2) is 4.53. The zero-order chi connectivity index (χ0) is 11.6. The van der Waals surface area contributed by atoms with E-state index in [1.165, 1.54) is 0 Å². The van der Waals surface area contributed by atoms with Gasteiger partial charge in [-0.15, -0.1) is 0 Å². The van der Waals surface area contributed by atoms with Gasteiger partial charge in [-0.25, -0.2) is 0 Å². The molecule has 2 nitrogen and oxygen atoms in total. The number of ether oxygens (including phenoxy) is 1. The Kier molecular flexibility index (Phi) is 3.45. The topological polar surface area (TPSA) is 21.3 Å². The van der Waals surface area contributed by atoms with Gasteiger partial charge in [0.1, 0.15) is 0 Å². The highest BCUT2D eigenvalue weighted by Gasteiger charge is 2.45. The standard InChI is InChI=1S/C11H18F3NO/c12-11(13,14)6-3-9-10(4-1-2-5-10)16-8-7-15-9/h9,15H,1-8H2. The number of nitrogens with one attached hydrogen (secondary N) is 1. The molecule has 2 rings (SSSR count). The van der Waals surface area contributed by atoms with E-state index in [0.717, 1.165) is 25.7 Å². The second-order valence-corrected chi connectivity index (χ2v) is 4.78. The first-order valence-corrected chi connectivity index (χ1v) is 5.96. The lowest BCUT2D eigenvalue weighted by molar-refractivity contribution is -0.147. The highest BCUT2D eigenvalue weighted by molar-refractivity contribution is 4.99. The van der Waals surface area contributed by atoms with Crippen LogP contribution in [0.15, 0.2) is 0 Å². The monoisotopic (exact) mass is 237 g/mol. The second-order valence-electron chi connectivity index (χ2n) is 4.78. The van der Waals surface area contributed by atoms with Crippen LogP contribution in [0.3, 0.4) is 0 Å². The van der Waals surface area contributed by atoms with Crippen LogP contribution in [0.25, 0.3) is 0 Å². The van der Waals surface area contributed by atoms with Crippen LogP contribution in [0.2, 0.25) is 0 Å². The minimum absolute atomic E-state index is 0.120. The zero-order valence-electron chi connectivity index (χ0n) is 9.28. The maximum Gasteiger partial charge on any atom is 0.389 e. The third kappa shape index (κ3) is 2.69. The van der Waals surface area contributed by atoms with Crippen LogP contribution in [-0.4, -0.2) is 31.0 Å². The van der Waals surface area contributed by atoms with Crippen molar-refractivity contribution in [1.29, 1.82) is 0 Å². The van der Waals surface area contributed by atoms with Crippen molar-refractivity contribution in [2.75, 3.05) is 13.2 Å². The number of morpholine rings is 1. The first-order chi connectivity index (χ1) is 7.52. The molecule has 1 saturated carbocycles. The summed E-state index contributed by atoms with van der Waals surface area (Å²) in [6.45, 7) is 1.30. The van der Waals surface area contributed by atoms with Crippen molar-refractivity contribution in [2.24, 2.45) is 0 Å². The van der Waals surface area contributed by atoms with Crippen molar-refractivity contribution in [3.05, 3.63) is 0 Å². The molecule has 1 spiro atoms. The molecular formula is C11H18F3NO. The molecule has 2 fully saturated rings. The first kappa shape index (κ1) is 12.2. The molecule has 0 bridgehead atoms. The normalized spacial score (nSPS) is 29.8. The summed E-state index contributed by atoms with van der Waals surface area (Å²) in [6, 6.07) is -0.120. The van der Waals surface area contributed by atoms with Crippen LogP contribution >= 0.6 is 0 Å². The van der Waals surface area contributed by atoms with E-state index in [9.17, 15) is 13.2 Å². The van der Waals surface area contributed by atoms with E-state index in [2.05, 4.69) is 5.32 Å². The smallest absolute Gasteiger partial charge is 0.372 e. The third-order valence-corrected chi connectivity index (χ3v) is 3.68. The van der Waals surface area contributed by atoms with E-state index in [-0.39, 0.29) is 18.1 Å². The molecule has 94 valence electrons. The Bertz CT molecular complexity index is 236. The number of rotatable bonds is 2. The van der Waals surface area contributed by atoms with Gasteiger partial charge in [0.15, 0.2) is 0 Å². The molecule has 1 atom stereocenters. The average Bonchev–Trinajstić information content (AvgIpc) is 2.65. The van der Waals surface area contributed by atoms with Gasteiger partial charge in [0.25, 0.3) is 0 Å². The van der Waals surface area contributed by atoms with E-state index < -0.39 is 12.6 Å². The summed E-state index contributed by atoms with van der Waals surface area (Å²) in [7, 11) is 0. The summed E-state index contributed by atoms with van der Waals surface area (Å²) in [5.41, 5.74) is -0.302. The molecule has 1 saturated heterocycles. The lowest BCUT2D eigenvalue weighted by Gasteiger charge is -2.42. The minimum atomic E-state index is -4.06. The van der Waals surface area contributed by atoms with Gasteiger partial charge in [0, 0.05) is 19.0 Å². The molecule has 2 aliphatic rings. The van der Waals surface area contributed by atoms with Crippen LogP contribution in [-0.2, 0) is 4.74 Å². The first-order valence-electron chi connectivity index (χ1n) is 5.96. The fraction of sp³-hybridized carbons (Fsp3) is 1.00. The summed E-state index contributed by atoms with van der Waals surface area (Å²) < 4.78 is 42.4. The number of halogens is 3. The Hall–Kier alpha value is -0.290. The predicted octanol–water partition coefficient (Wildman–Crippen LogP) is 2.63. The molecule has 5 heteroatoms. The lowest BCUT2D eigenvalue weighted by Crippen LogP contribution is -2.56. The number of hydrogen-bond acceptors (Lipinski definition) is 2. The van der Waals surface area contributed by atoms with E-state index >= 15 is 0 Å². The largest absolute Gasteiger partial charge is 0.389 e. The van der Waals surface area contributed by atoms with E-state index in [4.69, 9.17) is 4.74 Å². The van der Waals surface area contributed by atoms with Gasteiger partial charge in [-0.2, -0.15) is 13.2 Å².